The predicted octanol–water partition coefficient (Wildman–Crippen LogP) is 3.82. The highest BCUT2D eigenvalue weighted by Crippen LogP contribution is 2.44. The van der Waals surface area contributed by atoms with Crippen LogP contribution in [0.1, 0.15) is 25.7 Å². The number of nitrogens with one attached hydrogen (secondary N) is 2. The second-order valence-electron chi connectivity index (χ2n) is 5.36. The van der Waals surface area contributed by atoms with Crippen LogP contribution in [-0.2, 0) is 0 Å². The third-order valence-electron chi connectivity index (χ3n) is 4.18. The molecule has 2 nitrogen and oxygen atoms in total. The van der Waals surface area contributed by atoms with E-state index < -0.39 is 0 Å². The van der Waals surface area contributed by atoms with Gasteiger partial charge in [0.15, 0.2) is 5.11 Å². The van der Waals surface area contributed by atoms with Crippen LogP contribution in [-0.4, -0.2) is 11.2 Å². The van der Waals surface area contributed by atoms with E-state index in [0.717, 1.165) is 17.5 Å². The van der Waals surface area contributed by atoms with E-state index in [1.54, 1.807) is 0 Å². The molecule has 2 aliphatic carbocycles. The Morgan fingerprint density at radius 2 is 2.06 bits per heavy atom. The van der Waals surface area contributed by atoms with Gasteiger partial charge in [0.25, 0.3) is 0 Å². The normalized spacial score (nSPS) is 29.3. The molecular weight excluding hydrogens is 264 g/mol. The van der Waals surface area contributed by atoms with Crippen LogP contribution in [0, 0.1) is 11.8 Å². The minimum Gasteiger partial charge on any atom is -0.359 e. The molecule has 2 bridgehead atoms. The van der Waals surface area contributed by atoms with E-state index in [0.29, 0.717) is 16.2 Å². The highest BCUT2D eigenvalue weighted by Gasteiger charge is 2.39. The van der Waals surface area contributed by atoms with E-state index in [1.165, 1.54) is 25.7 Å². The molecule has 2 fully saturated rings. The smallest absolute Gasteiger partial charge is 0.171 e. The van der Waals surface area contributed by atoms with Gasteiger partial charge < -0.3 is 10.6 Å². The summed E-state index contributed by atoms with van der Waals surface area (Å²) in [6, 6.07) is 8.24. The standard InChI is InChI=1S/C14H17ClN2S/c15-11-3-1-2-4-12(11)16-14(18)17-13-8-9-5-6-10(13)7-9/h1-4,9-10,13H,5-8H2,(H2,16,17,18). The predicted molar refractivity (Wildman–Crippen MR) is 80.0 cm³/mol. The molecule has 18 heavy (non-hydrogen) atoms. The lowest BCUT2D eigenvalue weighted by atomic mass is 9.96. The van der Waals surface area contributed by atoms with Gasteiger partial charge in [0.05, 0.1) is 10.7 Å². The number of fused-ring (bicyclic) bond motifs is 2. The van der Waals surface area contributed by atoms with Crippen molar-refractivity contribution in [3.63, 3.8) is 0 Å². The topological polar surface area (TPSA) is 24.1 Å². The average Bonchev–Trinajstić information content (AvgIpc) is 2.94. The first-order valence-corrected chi connectivity index (χ1v) is 7.33. The van der Waals surface area contributed by atoms with Gasteiger partial charge >= 0.3 is 0 Å². The van der Waals surface area contributed by atoms with E-state index in [9.17, 15) is 0 Å². The van der Waals surface area contributed by atoms with Crippen molar-refractivity contribution in [1.29, 1.82) is 0 Å². The van der Waals surface area contributed by atoms with E-state index in [2.05, 4.69) is 10.6 Å². The van der Waals surface area contributed by atoms with Crippen LogP contribution in [0.3, 0.4) is 0 Å². The molecule has 0 radical (unpaired) electrons. The van der Waals surface area contributed by atoms with Crippen LogP contribution in [0.4, 0.5) is 5.69 Å². The van der Waals surface area contributed by atoms with Gasteiger partial charge in [0.1, 0.15) is 0 Å². The number of thiocarbonyl (C=S) groups is 1. The van der Waals surface area contributed by atoms with Gasteiger partial charge in [-0.05, 0) is 55.4 Å². The van der Waals surface area contributed by atoms with Crippen LogP contribution in [0.25, 0.3) is 0 Å². The lowest BCUT2D eigenvalue weighted by Crippen LogP contribution is -2.40. The molecule has 3 rings (SSSR count). The van der Waals surface area contributed by atoms with Gasteiger partial charge in [-0.2, -0.15) is 0 Å². The molecule has 2 saturated carbocycles. The van der Waals surface area contributed by atoms with Crippen molar-refractivity contribution in [1.82, 2.24) is 5.32 Å². The zero-order valence-electron chi connectivity index (χ0n) is 10.2. The van der Waals surface area contributed by atoms with E-state index in [4.69, 9.17) is 23.8 Å². The minimum atomic E-state index is 0.561. The van der Waals surface area contributed by atoms with Crippen LogP contribution in [0.15, 0.2) is 24.3 Å². The molecule has 3 atom stereocenters. The largest absolute Gasteiger partial charge is 0.359 e. The maximum atomic E-state index is 6.10. The number of anilines is 1. The molecule has 0 aromatic heterocycles. The zero-order chi connectivity index (χ0) is 12.5. The zero-order valence-corrected chi connectivity index (χ0v) is 11.7. The number of hydrogen-bond donors (Lipinski definition) is 2. The average molecular weight is 281 g/mol. The molecule has 4 heteroatoms. The van der Waals surface area contributed by atoms with Crippen LogP contribution >= 0.6 is 23.8 Å². The number of halogens is 1. The maximum absolute atomic E-state index is 6.10. The maximum Gasteiger partial charge on any atom is 0.171 e. The molecule has 1 aromatic carbocycles. The molecule has 2 aliphatic rings. The number of rotatable bonds is 2. The van der Waals surface area contributed by atoms with Gasteiger partial charge in [0.2, 0.25) is 0 Å². The van der Waals surface area contributed by atoms with Crippen molar-refractivity contribution in [3.8, 4) is 0 Å². The second kappa shape index (κ2) is 5.06. The summed E-state index contributed by atoms with van der Waals surface area (Å²) in [4.78, 5) is 0. The fraction of sp³-hybridized carbons (Fsp3) is 0.500. The summed E-state index contributed by atoms with van der Waals surface area (Å²) in [5.74, 6) is 1.75. The molecule has 96 valence electrons. The Labute approximate surface area is 118 Å². The lowest BCUT2D eigenvalue weighted by molar-refractivity contribution is 0.392. The highest BCUT2D eigenvalue weighted by molar-refractivity contribution is 7.80. The molecule has 2 N–H and O–H groups in total. The van der Waals surface area contributed by atoms with Crippen molar-refractivity contribution in [2.75, 3.05) is 5.32 Å². The molecule has 3 unspecified atom stereocenters. The van der Waals surface area contributed by atoms with Gasteiger partial charge in [-0.1, -0.05) is 30.2 Å². The first kappa shape index (κ1) is 12.2. The van der Waals surface area contributed by atoms with E-state index >= 15 is 0 Å². The van der Waals surface area contributed by atoms with Crippen molar-refractivity contribution in [2.24, 2.45) is 11.8 Å². The van der Waals surface area contributed by atoms with Crippen molar-refractivity contribution in [2.45, 2.75) is 31.7 Å². The van der Waals surface area contributed by atoms with E-state index in [1.807, 2.05) is 24.3 Å². The molecule has 0 spiro atoms. The van der Waals surface area contributed by atoms with Crippen LogP contribution in [0.2, 0.25) is 5.02 Å². The summed E-state index contributed by atoms with van der Waals surface area (Å²) in [6.45, 7) is 0. The number of hydrogen-bond acceptors (Lipinski definition) is 1. The highest BCUT2D eigenvalue weighted by atomic mass is 35.5. The van der Waals surface area contributed by atoms with Gasteiger partial charge in [-0.3, -0.25) is 0 Å². The SMILES string of the molecule is S=C(Nc1ccccc1Cl)NC1CC2CCC1C2. The number of benzene rings is 1. The van der Waals surface area contributed by atoms with E-state index in [-0.39, 0.29) is 0 Å². The Hall–Kier alpha value is -0.800. The fourth-order valence-corrected chi connectivity index (χ4v) is 3.76. The summed E-state index contributed by atoms with van der Waals surface area (Å²) in [6.07, 6.45) is 5.42. The second-order valence-corrected chi connectivity index (χ2v) is 6.18. The first-order chi connectivity index (χ1) is 8.72. The van der Waals surface area contributed by atoms with Gasteiger partial charge in [-0.25, -0.2) is 0 Å². The summed E-state index contributed by atoms with van der Waals surface area (Å²) in [5.41, 5.74) is 0.875. The molecule has 1 aromatic rings. The van der Waals surface area contributed by atoms with Gasteiger partial charge in [0, 0.05) is 6.04 Å². The molecule has 0 saturated heterocycles. The third kappa shape index (κ3) is 2.47. The number of para-hydroxylation sites is 1. The fourth-order valence-electron chi connectivity index (χ4n) is 3.31. The minimum absolute atomic E-state index is 0.561. The molecule has 0 aliphatic heterocycles. The Kier molecular flexibility index (Phi) is 3.44. The molecule has 0 heterocycles. The summed E-state index contributed by atoms with van der Waals surface area (Å²) >= 11 is 11.5. The molecular formula is C14H17ClN2S. The summed E-state index contributed by atoms with van der Waals surface area (Å²) < 4.78 is 0. The first-order valence-electron chi connectivity index (χ1n) is 6.54. The van der Waals surface area contributed by atoms with Crippen LogP contribution in [0.5, 0.6) is 0 Å². The third-order valence-corrected chi connectivity index (χ3v) is 4.73. The molecule has 0 amide bonds. The van der Waals surface area contributed by atoms with Crippen LogP contribution < -0.4 is 10.6 Å². The van der Waals surface area contributed by atoms with Crippen molar-refractivity contribution >= 4 is 34.6 Å². The Morgan fingerprint density at radius 3 is 2.72 bits per heavy atom. The summed E-state index contributed by atoms with van der Waals surface area (Å²) in [7, 11) is 0. The quantitative estimate of drug-likeness (QED) is 0.806. The van der Waals surface area contributed by atoms with Crippen molar-refractivity contribution < 1.29 is 0 Å². The Bertz CT molecular complexity index is 463. The monoisotopic (exact) mass is 280 g/mol. The van der Waals surface area contributed by atoms with Crippen molar-refractivity contribution in [3.05, 3.63) is 29.3 Å². The lowest BCUT2D eigenvalue weighted by Gasteiger charge is -2.24. The van der Waals surface area contributed by atoms with Gasteiger partial charge in [-0.15, -0.1) is 0 Å². The Morgan fingerprint density at radius 1 is 1.22 bits per heavy atom. The summed E-state index contributed by atoms with van der Waals surface area (Å²) in [5, 5.41) is 8.03. The Balaban J connectivity index is 1.58.